The second-order valence-electron chi connectivity index (χ2n) is 4.37. The Bertz CT molecular complexity index is 326. The molecule has 14 heavy (non-hydrogen) atoms. The van der Waals surface area contributed by atoms with Crippen LogP contribution in [-0.2, 0) is 20.0 Å². The first-order chi connectivity index (χ1) is 6.70. The van der Waals surface area contributed by atoms with E-state index in [9.17, 15) is 0 Å². The molecule has 1 aromatic rings. The van der Waals surface area contributed by atoms with Crippen molar-refractivity contribution >= 4 is 0 Å². The van der Waals surface area contributed by atoms with E-state index in [1.165, 1.54) is 29.8 Å². The summed E-state index contributed by atoms with van der Waals surface area (Å²) >= 11 is 0. The second kappa shape index (κ2) is 3.73. The highest BCUT2D eigenvalue weighted by atomic mass is 15.3. The number of nitrogens with one attached hydrogen (secondary N) is 1. The van der Waals surface area contributed by atoms with Gasteiger partial charge in [-0.25, -0.2) is 0 Å². The third-order valence-corrected chi connectivity index (χ3v) is 2.92. The number of hydrogen-bond donors (Lipinski definition) is 1. The molecule has 2 rings (SSSR count). The van der Waals surface area contributed by atoms with E-state index in [1.807, 2.05) is 0 Å². The van der Waals surface area contributed by atoms with E-state index in [4.69, 9.17) is 0 Å². The highest BCUT2D eigenvalue weighted by Crippen LogP contribution is 2.23. The van der Waals surface area contributed by atoms with Gasteiger partial charge in [-0.1, -0.05) is 13.8 Å². The van der Waals surface area contributed by atoms with Crippen LogP contribution in [0.25, 0.3) is 0 Å². The van der Waals surface area contributed by atoms with Crippen LogP contribution in [-0.4, -0.2) is 16.3 Å². The summed E-state index contributed by atoms with van der Waals surface area (Å²) < 4.78 is 2.07. The van der Waals surface area contributed by atoms with Crippen LogP contribution in [0.15, 0.2) is 0 Å². The van der Waals surface area contributed by atoms with Crippen molar-refractivity contribution in [1.29, 1.82) is 0 Å². The summed E-state index contributed by atoms with van der Waals surface area (Å²) in [6.07, 6.45) is 2.39. The zero-order valence-electron chi connectivity index (χ0n) is 9.30. The largest absolute Gasteiger partial charge is 0.313 e. The Balaban J connectivity index is 2.44. The molecular formula is C11H19N3. The van der Waals surface area contributed by atoms with E-state index in [2.05, 4.69) is 36.0 Å². The Morgan fingerprint density at radius 2 is 2.21 bits per heavy atom. The summed E-state index contributed by atoms with van der Waals surface area (Å²) in [4.78, 5) is 0. The SMILES string of the molecule is CC(C)c1nn(C)c2c1CNCCC2. The van der Waals surface area contributed by atoms with Gasteiger partial charge in [0.25, 0.3) is 0 Å². The molecule has 1 aliphatic rings. The van der Waals surface area contributed by atoms with Crippen LogP contribution < -0.4 is 5.32 Å². The molecule has 0 saturated carbocycles. The van der Waals surface area contributed by atoms with Gasteiger partial charge in [-0.3, -0.25) is 4.68 Å². The number of hydrogen-bond acceptors (Lipinski definition) is 2. The average Bonchev–Trinajstić information content (AvgIpc) is 2.38. The van der Waals surface area contributed by atoms with Gasteiger partial charge in [0.05, 0.1) is 5.69 Å². The third kappa shape index (κ3) is 1.57. The van der Waals surface area contributed by atoms with Crippen molar-refractivity contribution in [3.05, 3.63) is 17.0 Å². The van der Waals surface area contributed by atoms with Gasteiger partial charge in [-0.05, 0) is 25.3 Å². The average molecular weight is 193 g/mol. The summed E-state index contributed by atoms with van der Waals surface area (Å²) in [6, 6.07) is 0. The lowest BCUT2D eigenvalue weighted by Gasteiger charge is -2.04. The molecule has 3 heteroatoms. The number of aromatic nitrogens is 2. The van der Waals surface area contributed by atoms with Gasteiger partial charge in [0.2, 0.25) is 0 Å². The molecule has 2 heterocycles. The van der Waals surface area contributed by atoms with Crippen LogP contribution in [0.1, 0.15) is 43.1 Å². The summed E-state index contributed by atoms with van der Waals surface area (Å²) in [5.41, 5.74) is 4.15. The van der Waals surface area contributed by atoms with Gasteiger partial charge < -0.3 is 5.32 Å². The van der Waals surface area contributed by atoms with Crippen molar-refractivity contribution in [1.82, 2.24) is 15.1 Å². The maximum Gasteiger partial charge on any atom is 0.0697 e. The van der Waals surface area contributed by atoms with Crippen molar-refractivity contribution in [2.45, 2.75) is 39.2 Å². The van der Waals surface area contributed by atoms with Gasteiger partial charge in [0.15, 0.2) is 0 Å². The summed E-state index contributed by atoms with van der Waals surface area (Å²) in [6.45, 7) is 6.56. The van der Waals surface area contributed by atoms with Crippen molar-refractivity contribution in [3.8, 4) is 0 Å². The first-order valence-electron chi connectivity index (χ1n) is 5.45. The molecule has 0 unspecified atom stereocenters. The molecule has 0 bridgehead atoms. The van der Waals surface area contributed by atoms with Crippen LogP contribution in [0.5, 0.6) is 0 Å². The fourth-order valence-electron chi connectivity index (χ4n) is 2.19. The van der Waals surface area contributed by atoms with E-state index in [0.29, 0.717) is 5.92 Å². The molecule has 78 valence electrons. The fourth-order valence-corrected chi connectivity index (χ4v) is 2.19. The highest BCUT2D eigenvalue weighted by molar-refractivity contribution is 5.29. The molecule has 0 atom stereocenters. The van der Waals surface area contributed by atoms with Gasteiger partial charge in [-0.2, -0.15) is 5.10 Å². The van der Waals surface area contributed by atoms with Crippen molar-refractivity contribution in [2.75, 3.05) is 6.54 Å². The van der Waals surface area contributed by atoms with E-state index in [1.54, 1.807) is 0 Å². The quantitative estimate of drug-likeness (QED) is 0.734. The molecule has 0 radical (unpaired) electrons. The number of fused-ring (bicyclic) bond motifs is 1. The van der Waals surface area contributed by atoms with Gasteiger partial charge >= 0.3 is 0 Å². The molecule has 0 fully saturated rings. The smallest absolute Gasteiger partial charge is 0.0697 e. The Hall–Kier alpha value is -0.830. The third-order valence-electron chi connectivity index (χ3n) is 2.92. The van der Waals surface area contributed by atoms with Gasteiger partial charge in [-0.15, -0.1) is 0 Å². The Morgan fingerprint density at radius 1 is 1.43 bits per heavy atom. The van der Waals surface area contributed by atoms with Gasteiger partial charge in [0.1, 0.15) is 0 Å². The molecule has 3 nitrogen and oxygen atoms in total. The summed E-state index contributed by atoms with van der Waals surface area (Å²) in [5, 5.41) is 8.07. The second-order valence-corrected chi connectivity index (χ2v) is 4.37. The van der Waals surface area contributed by atoms with E-state index in [0.717, 1.165) is 13.1 Å². The van der Waals surface area contributed by atoms with E-state index < -0.39 is 0 Å². The van der Waals surface area contributed by atoms with Crippen molar-refractivity contribution in [3.63, 3.8) is 0 Å². The van der Waals surface area contributed by atoms with E-state index >= 15 is 0 Å². The summed E-state index contributed by atoms with van der Waals surface area (Å²) in [7, 11) is 2.07. The Kier molecular flexibility index (Phi) is 2.59. The lowest BCUT2D eigenvalue weighted by Crippen LogP contribution is -2.13. The van der Waals surface area contributed by atoms with E-state index in [-0.39, 0.29) is 0 Å². The fraction of sp³-hybridized carbons (Fsp3) is 0.727. The predicted molar refractivity (Wildman–Crippen MR) is 57.3 cm³/mol. The minimum atomic E-state index is 0.532. The van der Waals surface area contributed by atoms with Crippen molar-refractivity contribution < 1.29 is 0 Å². The van der Waals surface area contributed by atoms with Crippen LogP contribution >= 0.6 is 0 Å². The maximum atomic E-state index is 4.61. The lowest BCUT2D eigenvalue weighted by atomic mass is 10.0. The normalized spacial score (nSPS) is 16.9. The van der Waals surface area contributed by atoms with Gasteiger partial charge in [0, 0.05) is 24.8 Å². The topological polar surface area (TPSA) is 29.9 Å². The maximum absolute atomic E-state index is 4.61. The molecular weight excluding hydrogens is 174 g/mol. The number of aryl methyl sites for hydroxylation is 1. The zero-order valence-corrected chi connectivity index (χ0v) is 9.30. The molecule has 0 spiro atoms. The monoisotopic (exact) mass is 193 g/mol. The number of rotatable bonds is 1. The molecule has 1 aromatic heterocycles. The highest BCUT2D eigenvalue weighted by Gasteiger charge is 2.19. The zero-order chi connectivity index (χ0) is 10.1. The first kappa shape index (κ1) is 9.71. The van der Waals surface area contributed by atoms with Crippen LogP contribution in [0.4, 0.5) is 0 Å². The van der Waals surface area contributed by atoms with Crippen LogP contribution in [0.2, 0.25) is 0 Å². The molecule has 0 saturated heterocycles. The molecule has 1 N–H and O–H groups in total. The molecule has 0 aliphatic carbocycles. The molecule has 1 aliphatic heterocycles. The van der Waals surface area contributed by atoms with Crippen LogP contribution in [0, 0.1) is 0 Å². The standard InChI is InChI=1S/C11H19N3/c1-8(2)11-9-7-12-6-4-5-10(9)14(3)13-11/h8,12H,4-7H2,1-3H3. The minimum absolute atomic E-state index is 0.532. The minimum Gasteiger partial charge on any atom is -0.313 e. The summed E-state index contributed by atoms with van der Waals surface area (Å²) in [5.74, 6) is 0.532. The molecule has 0 amide bonds. The Labute approximate surface area is 85.5 Å². The van der Waals surface area contributed by atoms with Crippen LogP contribution in [0.3, 0.4) is 0 Å². The predicted octanol–water partition coefficient (Wildman–Crippen LogP) is 1.58. The lowest BCUT2D eigenvalue weighted by molar-refractivity contribution is 0.636. The Morgan fingerprint density at radius 3 is 2.93 bits per heavy atom. The molecule has 0 aromatic carbocycles. The van der Waals surface area contributed by atoms with Crippen molar-refractivity contribution in [2.24, 2.45) is 7.05 Å². The first-order valence-corrected chi connectivity index (χ1v) is 5.45. The number of nitrogens with zero attached hydrogens (tertiary/aromatic N) is 2.